The first-order valence-corrected chi connectivity index (χ1v) is 6.30. The summed E-state index contributed by atoms with van der Waals surface area (Å²) in [6.07, 6.45) is 1.68. The fraction of sp³-hybridized carbons (Fsp3) is 0.333. The molecule has 0 saturated carbocycles. The van der Waals surface area contributed by atoms with Crippen molar-refractivity contribution in [2.75, 3.05) is 6.54 Å². The van der Waals surface area contributed by atoms with Crippen molar-refractivity contribution in [2.24, 2.45) is 5.73 Å². The number of hydrogen-bond donors (Lipinski definition) is 1. The highest BCUT2D eigenvalue weighted by atomic mass is 15.1. The van der Waals surface area contributed by atoms with Crippen LogP contribution < -0.4 is 5.73 Å². The van der Waals surface area contributed by atoms with Gasteiger partial charge in [-0.15, -0.1) is 0 Å². The summed E-state index contributed by atoms with van der Waals surface area (Å²) < 4.78 is 0. The quantitative estimate of drug-likeness (QED) is 0.895. The van der Waals surface area contributed by atoms with Crippen molar-refractivity contribution in [2.45, 2.75) is 25.7 Å². The molecular formula is C15H19N3. The zero-order valence-corrected chi connectivity index (χ0v) is 10.9. The first-order valence-electron chi connectivity index (χ1n) is 6.30. The molecule has 1 aromatic carbocycles. The fourth-order valence-electron chi connectivity index (χ4n) is 2.04. The average molecular weight is 241 g/mol. The Labute approximate surface area is 108 Å². The van der Waals surface area contributed by atoms with Gasteiger partial charge >= 0.3 is 0 Å². The number of nitrogens with two attached hydrogens (primary N) is 1. The predicted octanol–water partition coefficient (Wildman–Crippen LogP) is 2.69. The number of rotatable bonds is 4. The Hall–Kier alpha value is -1.74. The van der Waals surface area contributed by atoms with Crippen molar-refractivity contribution in [3.63, 3.8) is 0 Å². The van der Waals surface area contributed by atoms with Gasteiger partial charge in [0.2, 0.25) is 0 Å². The molecule has 0 fully saturated rings. The van der Waals surface area contributed by atoms with Crippen LogP contribution in [0.2, 0.25) is 0 Å². The number of nitrogens with zero attached hydrogens (tertiary/aromatic N) is 2. The lowest BCUT2D eigenvalue weighted by molar-refractivity contribution is 0.758. The molecule has 3 nitrogen and oxygen atoms in total. The molecule has 0 amide bonds. The van der Waals surface area contributed by atoms with Crippen molar-refractivity contribution in [3.8, 4) is 0 Å². The Kier molecular flexibility index (Phi) is 4.05. The lowest BCUT2D eigenvalue weighted by Gasteiger charge is -2.15. The lowest BCUT2D eigenvalue weighted by Crippen LogP contribution is -2.15. The monoisotopic (exact) mass is 241 g/mol. The molecule has 0 aliphatic rings. The van der Waals surface area contributed by atoms with Gasteiger partial charge in [-0.25, -0.2) is 0 Å². The van der Waals surface area contributed by atoms with Crippen molar-refractivity contribution in [1.82, 2.24) is 10.2 Å². The van der Waals surface area contributed by atoms with Gasteiger partial charge in [-0.2, -0.15) is 10.2 Å². The molecular weight excluding hydrogens is 222 g/mol. The lowest BCUT2D eigenvalue weighted by atomic mass is 9.93. The third-order valence-corrected chi connectivity index (χ3v) is 3.19. The van der Waals surface area contributed by atoms with Crippen LogP contribution in [0.4, 0.5) is 0 Å². The Morgan fingerprint density at radius 3 is 2.22 bits per heavy atom. The van der Waals surface area contributed by atoms with Crippen molar-refractivity contribution in [1.29, 1.82) is 0 Å². The topological polar surface area (TPSA) is 51.8 Å². The van der Waals surface area contributed by atoms with Gasteiger partial charge in [0.05, 0.1) is 5.69 Å². The van der Waals surface area contributed by atoms with Crippen LogP contribution in [0.15, 0.2) is 42.6 Å². The maximum Gasteiger partial charge on any atom is 0.0718 e. The van der Waals surface area contributed by atoms with E-state index in [1.54, 1.807) is 6.20 Å². The molecule has 0 radical (unpaired) electrons. The van der Waals surface area contributed by atoms with Gasteiger partial charge in [0, 0.05) is 18.7 Å². The van der Waals surface area contributed by atoms with Crippen LogP contribution in [0.5, 0.6) is 0 Å². The SMILES string of the molecule is CC(C)c1ccc(C(CN)c2cccnn2)cc1. The molecule has 1 atom stereocenters. The summed E-state index contributed by atoms with van der Waals surface area (Å²) in [6, 6.07) is 12.5. The molecule has 1 unspecified atom stereocenters. The van der Waals surface area contributed by atoms with Crippen LogP contribution in [-0.4, -0.2) is 16.7 Å². The third kappa shape index (κ3) is 2.74. The van der Waals surface area contributed by atoms with Gasteiger partial charge in [-0.1, -0.05) is 38.1 Å². The smallest absolute Gasteiger partial charge is 0.0718 e. The van der Waals surface area contributed by atoms with Crippen molar-refractivity contribution in [3.05, 3.63) is 59.4 Å². The molecule has 2 rings (SSSR count). The Bertz CT molecular complexity index is 477. The van der Waals surface area contributed by atoms with E-state index in [0.29, 0.717) is 12.5 Å². The van der Waals surface area contributed by atoms with E-state index in [-0.39, 0.29) is 5.92 Å². The highest BCUT2D eigenvalue weighted by molar-refractivity contribution is 5.32. The van der Waals surface area contributed by atoms with Crippen molar-refractivity contribution >= 4 is 0 Å². The molecule has 0 saturated heterocycles. The molecule has 0 spiro atoms. The largest absolute Gasteiger partial charge is 0.329 e. The Balaban J connectivity index is 2.28. The number of hydrogen-bond acceptors (Lipinski definition) is 3. The Morgan fingerprint density at radius 2 is 1.72 bits per heavy atom. The molecule has 1 aromatic heterocycles. The van der Waals surface area contributed by atoms with E-state index in [2.05, 4.69) is 48.3 Å². The fourth-order valence-corrected chi connectivity index (χ4v) is 2.04. The van der Waals surface area contributed by atoms with Gasteiger partial charge in [0.15, 0.2) is 0 Å². The summed E-state index contributed by atoms with van der Waals surface area (Å²) in [7, 11) is 0. The van der Waals surface area contributed by atoms with Gasteiger partial charge in [0.1, 0.15) is 0 Å². The van der Waals surface area contributed by atoms with Crippen LogP contribution in [0, 0.1) is 0 Å². The first-order chi connectivity index (χ1) is 8.72. The summed E-state index contributed by atoms with van der Waals surface area (Å²) in [5.41, 5.74) is 9.33. The van der Waals surface area contributed by atoms with E-state index >= 15 is 0 Å². The second kappa shape index (κ2) is 5.74. The van der Waals surface area contributed by atoms with E-state index in [1.165, 1.54) is 11.1 Å². The molecule has 1 heterocycles. The van der Waals surface area contributed by atoms with Crippen molar-refractivity contribution < 1.29 is 0 Å². The van der Waals surface area contributed by atoms with Crippen LogP contribution in [0.1, 0.15) is 42.5 Å². The second-order valence-corrected chi connectivity index (χ2v) is 4.76. The molecule has 2 aromatic rings. The maximum atomic E-state index is 5.87. The molecule has 0 aliphatic carbocycles. The van der Waals surface area contributed by atoms with Crippen LogP contribution in [0.3, 0.4) is 0 Å². The van der Waals surface area contributed by atoms with E-state index in [9.17, 15) is 0 Å². The minimum absolute atomic E-state index is 0.125. The first kappa shape index (κ1) is 12.7. The van der Waals surface area contributed by atoms with Gasteiger partial charge in [0.25, 0.3) is 0 Å². The van der Waals surface area contributed by atoms with Gasteiger partial charge in [-0.3, -0.25) is 0 Å². The zero-order chi connectivity index (χ0) is 13.0. The van der Waals surface area contributed by atoms with E-state index in [0.717, 1.165) is 5.69 Å². The van der Waals surface area contributed by atoms with Gasteiger partial charge in [-0.05, 0) is 29.2 Å². The highest BCUT2D eigenvalue weighted by Gasteiger charge is 2.14. The molecule has 3 heteroatoms. The number of benzene rings is 1. The summed E-state index contributed by atoms with van der Waals surface area (Å²) in [5.74, 6) is 0.673. The summed E-state index contributed by atoms with van der Waals surface area (Å²) in [6.45, 7) is 4.93. The van der Waals surface area contributed by atoms with Crippen LogP contribution in [-0.2, 0) is 0 Å². The molecule has 2 N–H and O–H groups in total. The number of aromatic nitrogens is 2. The van der Waals surface area contributed by atoms with E-state index < -0.39 is 0 Å². The highest BCUT2D eigenvalue weighted by Crippen LogP contribution is 2.23. The Morgan fingerprint density at radius 1 is 1.06 bits per heavy atom. The summed E-state index contributed by atoms with van der Waals surface area (Å²) >= 11 is 0. The standard InChI is InChI=1S/C15H19N3/c1-11(2)12-5-7-13(8-6-12)14(10-16)15-4-3-9-17-18-15/h3-9,11,14H,10,16H2,1-2H3. The average Bonchev–Trinajstić information content (AvgIpc) is 2.41. The van der Waals surface area contributed by atoms with Crippen LogP contribution in [0.25, 0.3) is 0 Å². The minimum atomic E-state index is 0.125. The van der Waals surface area contributed by atoms with E-state index in [4.69, 9.17) is 5.73 Å². The molecule has 94 valence electrons. The summed E-state index contributed by atoms with van der Waals surface area (Å²) in [5, 5.41) is 8.07. The second-order valence-electron chi connectivity index (χ2n) is 4.76. The van der Waals surface area contributed by atoms with E-state index in [1.807, 2.05) is 12.1 Å². The molecule has 0 bridgehead atoms. The van der Waals surface area contributed by atoms with Gasteiger partial charge < -0.3 is 5.73 Å². The zero-order valence-electron chi connectivity index (χ0n) is 10.9. The molecule has 0 aliphatic heterocycles. The third-order valence-electron chi connectivity index (χ3n) is 3.19. The molecule has 18 heavy (non-hydrogen) atoms. The minimum Gasteiger partial charge on any atom is -0.329 e. The predicted molar refractivity (Wildman–Crippen MR) is 73.5 cm³/mol. The van der Waals surface area contributed by atoms with Crippen LogP contribution >= 0.6 is 0 Å². The summed E-state index contributed by atoms with van der Waals surface area (Å²) in [4.78, 5) is 0. The normalized spacial score (nSPS) is 12.7. The maximum absolute atomic E-state index is 5.87.